The van der Waals surface area contributed by atoms with Gasteiger partial charge in [-0.1, -0.05) is 24.7 Å². The molecule has 0 atom stereocenters. The van der Waals surface area contributed by atoms with Gasteiger partial charge in [-0.25, -0.2) is 4.98 Å². The number of hydrogen-bond donors (Lipinski definition) is 1. The standard InChI is InChI=1S/C11H20N4OS/c1-5-6-7-15(4)10(16)8-9(12)13-11(17-8)14(2)3/h5-7,12H2,1-4H3. The number of anilines is 2. The molecule has 0 saturated carbocycles. The van der Waals surface area contributed by atoms with Crippen LogP contribution in [0, 0.1) is 0 Å². The zero-order valence-corrected chi connectivity index (χ0v) is 11.7. The number of nitrogens with two attached hydrogens (primary N) is 1. The lowest BCUT2D eigenvalue weighted by atomic mass is 10.3. The average molecular weight is 256 g/mol. The molecule has 0 aliphatic heterocycles. The first kappa shape index (κ1) is 13.8. The number of rotatable bonds is 5. The number of amides is 1. The predicted molar refractivity (Wildman–Crippen MR) is 72.7 cm³/mol. The second-order valence-electron chi connectivity index (χ2n) is 4.19. The Kier molecular flexibility index (Phi) is 4.74. The number of aromatic nitrogens is 1. The molecule has 1 rings (SSSR count). The lowest BCUT2D eigenvalue weighted by Gasteiger charge is -2.15. The Hall–Kier alpha value is -1.30. The van der Waals surface area contributed by atoms with Crippen molar-refractivity contribution in [3.05, 3.63) is 4.88 Å². The summed E-state index contributed by atoms with van der Waals surface area (Å²) in [5.74, 6) is 0.286. The third kappa shape index (κ3) is 3.33. The van der Waals surface area contributed by atoms with E-state index < -0.39 is 0 Å². The highest BCUT2D eigenvalue weighted by Crippen LogP contribution is 2.27. The first-order valence-corrected chi connectivity index (χ1v) is 6.48. The largest absolute Gasteiger partial charge is 0.382 e. The van der Waals surface area contributed by atoms with Crippen LogP contribution >= 0.6 is 11.3 Å². The summed E-state index contributed by atoms with van der Waals surface area (Å²) in [6.45, 7) is 2.85. The number of thiazole rings is 1. The molecule has 0 aliphatic rings. The molecule has 0 aliphatic carbocycles. The summed E-state index contributed by atoms with van der Waals surface area (Å²) in [6, 6.07) is 0. The Morgan fingerprint density at radius 1 is 1.41 bits per heavy atom. The molecule has 0 aromatic carbocycles. The van der Waals surface area contributed by atoms with Crippen molar-refractivity contribution in [1.29, 1.82) is 0 Å². The topological polar surface area (TPSA) is 62.5 Å². The lowest BCUT2D eigenvalue weighted by molar-refractivity contribution is 0.0799. The van der Waals surface area contributed by atoms with Crippen LogP contribution in [-0.2, 0) is 0 Å². The van der Waals surface area contributed by atoms with Gasteiger partial charge in [-0.15, -0.1) is 0 Å². The van der Waals surface area contributed by atoms with Gasteiger partial charge in [-0.3, -0.25) is 4.79 Å². The van der Waals surface area contributed by atoms with Gasteiger partial charge in [0.1, 0.15) is 10.7 Å². The Morgan fingerprint density at radius 3 is 2.53 bits per heavy atom. The second-order valence-corrected chi connectivity index (χ2v) is 5.16. The molecule has 0 bridgehead atoms. The molecule has 1 aromatic heterocycles. The predicted octanol–water partition coefficient (Wildman–Crippen LogP) is 1.66. The zero-order chi connectivity index (χ0) is 13.0. The van der Waals surface area contributed by atoms with Crippen molar-refractivity contribution >= 4 is 28.2 Å². The van der Waals surface area contributed by atoms with E-state index in [1.165, 1.54) is 11.3 Å². The van der Waals surface area contributed by atoms with Crippen LogP contribution in [0.1, 0.15) is 29.4 Å². The number of carbonyl (C=O) groups is 1. The van der Waals surface area contributed by atoms with Gasteiger partial charge in [-0.2, -0.15) is 0 Å². The third-order valence-corrected chi connectivity index (χ3v) is 3.64. The summed E-state index contributed by atoms with van der Waals surface area (Å²) in [7, 11) is 5.56. The van der Waals surface area contributed by atoms with Gasteiger partial charge in [0.05, 0.1) is 0 Å². The normalized spacial score (nSPS) is 10.4. The Morgan fingerprint density at radius 2 is 2.06 bits per heavy atom. The molecule has 0 radical (unpaired) electrons. The van der Waals surface area contributed by atoms with Crippen molar-refractivity contribution < 1.29 is 4.79 Å². The molecular weight excluding hydrogens is 236 g/mol. The summed E-state index contributed by atoms with van der Waals surface area (Å²) < 4.78 is 0. The van der Waals surface area contributed by atoms with Crippen LogP contribution in [0.4, 0.5) is 10.9 Å². The number of carbonyl (C=O) groups excluding carboxylic acids is 1. The van der Waals surface area contributed by atoms with E-state index in [1.807, 2.05) is 19.0 Å². The molecule has 0 saturated heterocycles. The van der Waals surface area contributed by atoms with E-state index >= 15 is 0 Å². The fourth-order valence-corrected chi connectivity index (χ4v) is 2.24. The maximum Gasteiger partial charge on any atom is 0.267 e. The third-order valence-electron chi connectivity index (χ3n) is 2.41. The smallest absolute Gasteiger partial charge is 0.267 e. The maximum atomic E-state index is 12.1. The highest BCUT2D eigenvalue weighted by molar-refractivity contribution is 7.18. The molecule has 1 heterocycles. The second kappa shape index (κ2) is 5.86. The fourth-order valence-electron chi connectivity index (χ4n) is 1.33. The van der Waals surface area contributed by atoms with Crippen LogP contribution in [0.25, 0.3) is 0 Å². The van der Waals surface area contributed by atoms with Crippen LogP contribution in [0.3, 0.4) is 0 Å². The monoisotopic (exact) mass is 256 g/mol. The SMILES string of the molecule is CCCCN(C)C(=O)c1sc(N(C)C)nc1N. The summed E-state index contributed by atoms with van der Waals surface area (Å²) in [6.07, 6.45) is 2.07. The number of nitrogen functional groups attached to an aromatic ring is 1. The molecule has 0 fully saturated rings. The molecule has 6 heteroatoms. The summed E-state index contributed by atoms with van der Waals surface area (Å²) in [4.78, 5) is 20.4. The fraction of sp³-hybridized carbons (Fsp3) is 0.636. The molecule has 0 unspecified atom stereocenters. The minimum Gasteiger partial charge on any atom is -0.382 e. The zero-order valence-electron chi connectivity index (χ0n) is 10.9. The van der Waals surface area contributed by atoms with E-state index in [4.69, 9.17) is 5.73 Å². The van der Waals surface area contributed by atoms with E-state index in [2.05, 4.69) is 11.9 Å². The average Bonchev–Trinajstić information content (AvgIpc) is 2.67. The van der Waals surface area contributed by atoms with E-state index in [0.29, 0.717) is 10.7 Å². The minimum absolute atomic E-state index is 0.0402. The molecule has 96 valence electrons. The quantitative estimate of drug-likeness (QED) is 0.870. The summed E-state index contributed by atoms with van der Waals surface area (Å²) >= 11 is 1.34. The van der Waals surface area contributed by atoms with E-state index in [9.17, 15) is 4.79 Å². The van der Waals surface area contributed by atoms with Crippen molar-refractivity contribution in [2.45, 2.75) is 19.8 Å². The maximum absolute atomic E-state index is 12.1. The van der Waals surface area contributed by atoms with Gasteiger partial charge in [0.2, 0.25) is 0 Å². The summed E-state index contributed by atoms with van der Waals surface area (Å²) in [5, 5.41) is 0.759. The molecule has 17 heavy (non-hydrogen) atoms. The lowest BCUT2D eigenvalue weighted by Crippen LogP contribution is -2.27. The van der Waals surface area contributed by atoms with E-state index in [1.54, 1.807) is 11.9 Å². The number of nitrogens with zero attached hydrogens (tertiary/aromatic N) is 3. The van der Waals surface area contributed by atoms with Crippen molar-refractivity contribution in [1.82, 2.24) is 9.88 Å². The summed E-state index contributed by atoms with van der Waals surface area (Å²) in [5.41, 5.74) is 5.77. The minimum atomic E-state index is -0.0402. The van der Waals surface area contributed by atoms with Gasteiger partial charge in [0.15, 0.2) is 5.13 Å². The highest BCUT2D eigenvalue weighted by atomic mass is 32.1. The van der Waals surface area contributed by atoms with Crippen molar-refractivity contribution in [2.75, 3.05) is 38.3 Å². The number of unbranched alkanes of at least 4 members (excludes halogenated alkanes) is 1. The van der Waals surface area contributed by atoms with Gasteiger partial charge < -0.3 is 15.5 Å². The van der Waals surface area contributed by atoms with Crippen LogP contribution in [-0.4, -0.2) is 43.5 Å². The molecule has 1 aromatic rings. The molecule has 0 spiro atoms. The van der Waals surface area contributed by atoms with E-state index in [0.717, 1.165) is 24.5 Å². The van der Waals surface area contributed by atoms with Crippen LogP contribution in [0.5, 0.6) is 0 Å². The van der Waals surface area contributed by atoms with Gasteiger partial charge in [0, 0.05) is 27.7 Å². The molecular formula is C11H20N4OS. The van der Waals surface area contributed by atoms with Gasteiger partial charge in [0.25, 0.3) is 5.91 Å². The molecule has 1 amide bonds. The Balaban J connectivity index is 2.81. The van der Waals surface area contributed by atoms with Crippen LogP contribution < -0.4 is 10.6 Å². The van der Waals surface area contributed by atoms with Gasteiger partial charge >= 0.3 is 0 Å². The van der Waals surface area contributed by atoms with Crippen molar-refractivity contribution in [3.8, 4) is 0 Å². The molecule has 5 nitrogen and oxygen atoms in total. The Bertz CT molecular complexity index is 389. The number of hydrogen-bond acceptors (Lipinski definition) is 5. The molecule has 2 N–H and O–H groups in total. The van der Waals surface area contributed by atoms with Crippen molar-refractivity contribution in [3.63, 3.8) is 0 Å². The van der Waals surface area contributed by atoms with Crippen LogP contribution in [0.15, 0.2) is 0 Å². The van der Waals surface area contributed by atoms with Crippen molar-refractivity contribution in [2.24, 2.45) is 0 Å². The highest BCUT2D eigenvalue weighted by Gasteiger charge is 2.19. The van der Waals surface area contributed by atoms with E-state index in [-0.39, 0.29) is 5.91 Å². The first-order valence-electron chi connectivity index (χ1n) is 5.66. The Labute approximate surface area is 106 Å². The van der Waals surface area contributed by atoms with Gasteiger partial charge in [-0.05, 0) is 6.42 Å². The first-order chi connectivity index (χ1) is 7.97. The van der Waals surface area contributed by atoms with Crippen LogP contribution in [0.2, 0.25) is 0 Å².